The van der Waals surface area contributed by atoms with E-state index in [4.69, 9.17) is 0 Å². The lowest BCUT2D eigenvalue weighted by Gasteiger charge is -2.41. The van der Waals surface area contributed by atoms with Crippen LogP contribution in [0, 0.1) is 5.92 Å². The van der Waals surface area contributed by atoms with Crippen LogP contribution < -0.4 is 4.90 Å². The Balaban J connectivity index is 1.50. The number of nitrogens with zero attached hydrogens (tertiary/aromatic N) is 6. The molecule has 0 radical (unpaired) electrons. The third kappa shape index (κ3) is 3.84. The standard InChI is InChI=1S/C21H32N6O/c1-3-7-18-14-20(27-21(24-18)22-15-23-27)25-12-9-17(10-13-25)19-8-5-4-6-11-26(19)16(2)28/h14-15,17,19H,3-13H2,1-2H3/t19-/m1/s1. The van der Waals surface area contributed by atoms with E-state index < -0.39 is 0 Å². The molecule has 2 aromatic heterocycles. The maximum absolute atomic E-state index is 12.2. The van der Waals surface area contributed by atoms with Crippen molar-refractivity contribution in [3.63, 3.8) is 0 Å². The molecule has 2 aliphatic rings. The summed E-state index contributed by atoms with van der Waals surface area (Å²) in [5.74, 6) is 2.64. The lowest BCUT2D eigenvalue weighted by Crippen LogP contribution is -2.47. The van der Waals surface area contributed by atoms with Gasteiger partial charge in [-0.15, -0.1) is 0 Å². The minimum atomic E-state index is 0.247. The molecule has 0 aromatic carbocycles. The molecule has 2 saturated heterocycles. The molecule has 1 amide bonds. The molecule has 0 bridgehead atoms. The molecule has 152 valence electrons. The van der Waals surface area contributed by atoms with Crippen LogP contribution in [0.1, 0.15) is 64.5 Å². The summed E-state index contributed by atoms with van der Waals surface area (Å²) in [7, 11) is 0. The van der Waals surface area contributed by atoms with Gasteiger partial charge in [-0.2, -0.15) is 14.6 Å². The van der Waals surface area contributed by atoms with E-state index in [0.717, 1.165) is 69.7 Å². The SMILES string of the molecule is CCCc1cc(N2CCC([C@H]3CCCCCN3C(C)=O)CC2)n2ncnc2n1. The normalized spacial score (nSPS) is 21.9. The Labute approximate surface area is 167 Å². The van der Waals surface area contributed by atoms with Gasteiger partial charge < -0.3 is 9.80 Å². The predicted octanol–water partition coefficient (Wildman–Crippen LogP) is 3.08. The van der Waals surface area contributed by atoms with E-state index in [-0.39, 0.29) is 5.91 Å². The fraction of sp³-hybridized carbons (Fsp3) is 0.714. The second kappa shape index (κ2) is 8.45. The monoisotopic (exact) mass is 384 g/mol. The molecule has 28 heavy (non-hydrogen) atoms. The third-order valence-corrected chi connectivity index (χ3v) is 6.40. The first-order valence-electron chi connectivity index (χ1n) is 10.9. The van der Waals surface area contributed by atoms with Crippen molar-refractivity contribution in [3.05, 3.63) is 18.1 Å². The van der Waals surface area contributed by atoms with Crippen LogP contribution >= 0.6 is 0 Å². The van der Waals surface area contributed by atoms with Crippen LogP contribution in [0.2, 0.25) is 0 Å². The van der Waals surface area contributed by atoms with Crippen molar-refractivity contribution in [2.75, 3.05) is 24.5 Å². The van der Waals surface area contributed by atoms with Crippen LogP contribution in [0.5, 0.6) is 0 Å². The first-order chi connectivity index (χ1) is 13.7. The maximum Gasteiger partial charge on any atom is 0.254 e. The van der Waals surface area contributed by atoms with Crippen molar-refractivity contribution in [1.29, 1.82) is 0 Å². The minimum absolute atomic E-state index is 0.247. The zero-order valence-electron chi connectivity index (χ0n) is 17.2. The first kappa shape index (κ1) is 19.2. The second-order valence-electron chi connectivity index (χ2n) is 8.28. The molecule has 0 saturated carbocycles. The molecule has 2 aliphatic heterocycles. The van der Waals surface area contributed by atoms with Crippen LogP contribution in [-0.4, -0.2) is 56.1 Å². The number of carbonyl (C=O) groups excluding carboxylic acids is 1. The number of amides is 1. The Morgan fingerprint density at radius 2 is 1.96 bits per heavy atom. The Morgan fingerprint density at radius 1 is 1.14 bits per heavy atom. The van der Waals surface area contributed by atoms with E-state index >= 15 is 0 Å². The summed E-state index contributed by atoms with van der Waals surface area (Å²) >= 11 is 0. The first-order valence-corrected chi connectivity index (χ1v) is 10.9. The Hall–Kier alpha value is -2.18. The minimum Gasteiger partial charge on any atom is -0.356 e. The van der Waals surface area contributed by atoms with Gasteiger partial charge in [0.2, 0.25) is 5.91 Å². The topological polar surface area (TPSA) is 66.6 Å². The number of anilines is 1. The van der Waals surface area contributed by atoms with Crippen molar-refractivity contribution >= 4 is 17.5 Å². The average Bonchev–Trinajstić information content (AvgIpc) is 3.03. The molecule has 1 atom stereocenters. The van der Waals surface area contributed by atoms with Crippen molar-refractivity contribution in [1.82, 2.24) is 24.5 Å². The van der Waals surface area contributed by atoms with Crippen molar-refractivity contribution < 1.29 is 4.79 Å². The largest absolute Gasteiger partial charge is 0.356 e. The lowest BCUT2D eigenvalue weighted by molar-refractivity contribution is -0.132. The smallest absolute Gasteiger partial charge is 0.254 e. The number of carbonyl (C=O) groups is 1. The van der Waals surface area contributed by atoms with E-state index in [1.54, 1.807) is 13.3 Å². The Kier molecular flexibility index (Phi) is 5.78. The van der Waals surface area contributed by atoms with E-state index in [0.29, 0.717) is 17.7 Å². The summed E-state index contributed by atoms with van der Waals surface area (Å²) in [6.45, 7) is 6.84. The summed E-state index contributed by atoms with van der Waals surface area (Å²) in [5, 5.41) is 4.40. The fourth-order valence-electron chi connectivity index (χ4n) is 4.98. The van der Waals surface area contributed by atoms with Gasteiger partial charge >= 0.3 is 0 Å². The summed E-state index contributed by atoms with van der Waals surface area (Å²) in [4.78, 5) is 25.7. The number of hydrogen-bond donors (Lipinski definition) is 0. The molecule has 0 unspecified atom stereocenters. The molecule has 4 rings (SSSR count). The lowest BCUT2D eigenvalue weighted by atomic mass is 9.86. The average molecular weight is 385 g/mol. The summed E-state index contributed by atoms with van der Waals surface area (Å²) in [6, 6.07) is 2.60. The molecule has 0 spiro atoms. The zero-order valence-corrected chi connectivity index (χ0v) is 17.2. The van der Waals surface area contributed by atoms with Crippen LogP contribution in [0.25, 0.3) is 5.78 Å². The summed E-state index contributed by atoms with van der Waals surface area (Å²) < 4.78 is 1.87. The number of likely N-dealkylation sites (tertiary alicyclic amines) is 1. The Morgan fingerprint density at radius 3 is 2.71 bits per heavy atom. The van der Waals surface area contributed by atoms with Crippen LogP contribution in [-0.2, 0) is 11.2 Å². The van der Waals surface area contributed by atoms with Gasteiger partial charge in [0.1, 0.15) is 12.1 Å². The van der Waals surface area contributed by atoms with Crippen molar-refractivity contribution in [3.8, 4) is 0 Å². The van der Waals surface area contributed by atoms with Gasteiger partial charge in [0.05, 0.1) is 0 Å². The highest BCUT2D eigenvalue weighted by Crippen LogP contribution is 2.32. The van der Waals surface area contributed by atoms with Gasteiger partial charge in [-0.3, -0.25) is 4.79 Å². The highest BCUT2D eigenvalue weighted by Gasteiger charge is 2.33. The molecule has 7 heteroatoms. The fourth-order valence-corrected chi connectivity index (χ4v) is 4.98. The highest BCUT2D eigenvalue weighted by molar-refractivity contribution is 5.73. The molecule has 4 heterocycles. The van der Waals surface area contributed by atoms with Crippen molar-refractivity contribution in [2.45, 2.75) is 71.3 Å². The summed E-state index contributed by atoms with van der Waals surface area (Å²) in [5.41, 5.74) is 1.09. The van der Waals surface area contributed by atoms with E-state index in [2.05, 4.69) is 37.9 Å². The van der Waals surface area contributed by atoms with Gasteiger partial charge in [-0.1, -0.05) is 26.2 Å². The zero-order chi connectivity index (χ0) is 19.5. The number of piperidine rings is 1. The van der Waals surface area contributed by atoms with Crippen LogP contribution in [0.15, 0.2) is 12.4 Å². The molecule has 2 aromatic rings. The quantitative estimate of drug-likeness (QED) is 0.810. The molecular formula is C21H32N6O. The van der Waals surface area contributed by atoms with E-state index in [1.807, 2.05) is 4.52 Å². The number of fused-ring (bicyclic) bond motifs is 1. The van der Waals surface area contributed by atoms with Gasteiger partial charge in [0, 0.05) is 44.4 Å². The van der Waals surface area contributed by atoms with Gasteiger partial charge in [-0.25, -0.2) is 4.98 Å². The van der Waals surface area contributed by atoms with Crippen molar-refractivity contribution in [2.24, 2.45) is 5.92 Å². The molecule has 0 aliphatic carbocycles. The molecule has 7 nitrogen and oxygen atoms in total. The van der Waals surface area contributed by atoms with Crippen LogP contribution in [0.3, 0.4) is 0 Å². The maximum atomic E-state index is 12.2. The number of hydrogen-bond acceptors (Lipinski definition) is 5. The molecule has 0 N–H and O–H groups in total. The predicted molar refractivity (Wildman–Crippen MR) is 109 cm³/mol. The van der Waals surface area contributed by atoms with Gasteiger partial charge in [-0.05, 0) is 38.0 Å². The van der Waals surface area contributed by atoms with Gasteiger partial charge in [0.25, 0.3) is 5.78 Å². The number of rotatable bonds is 4. The Bertz CT molecular complexity index is 810. The molecular weight excluding hydrogens is 352 g/mol. The highest BCUT2D eigenvalue weighted by atomic mass is 16.2. The van der Waals surface area contributed by atoms with E-state index in [9.17, 15) is 4.79 Å². The van der Waals surface area contributed by atoms with E-state index in [1.165, 1.54) is 12.8 Å². The van der Waals surface area contributed by atoms with Gasteiger partial charge in [0.15, 0.2) is 0 Å². The number of aromatic nitrogens is 4. The molecule has 2 fully saturated rings. The number of aryl methyl sites for hydroxylation is 1. The third-order valence-electron chi connectivity index (χ3n) is 6.40. The summed E-state index contributed by atoms with van der Waals surface area (Å²) in [6.07, 6.45) is 10.7. The second-order valence-corrected chi connectivity index (χ2v) is 8.28. The van der Waals surface area contributed by atoms with Crippen LogP contribution in [0.4, 0.5) is 5.82 Å².